The van der Waals surface area contributed by atoms with Crippen molar-refractivity contribution < 1.29 is 35.9 Å². The summed E-state index contributed by atoms with van der Waals surface area (Å²) < 4.78 is 73.7. The summed E-state index contributed by atoms with van der Waals surface area (Å²) in [6, 6.07) is 16.6. The van der Waals surface area contributed by atoms with Crippen LogP contribution >= 0.6 is 0 Å². The van der Waals surface area contributed by atoms with Gasteiger partial charge in [-0.05, 0) is 65.6 Å². The number of hydrogen-bond donors (Lipinski definition) is 0. The maximum Gasteiger partial charge on any atom is 0.425 e. The van der Waals surface area contributed by atoms with Gasteiger partial charge >= 0.3 is 6.18 Å². The maximum atomic E-state index is 13.4. The Labute approximate surface area is 207 Å². The Morgan fingerprint density at radius 1 is 0.944 bits per heavy atom. The van der Waals surface area contributed by atoms with E-state index in [2.05, 4.69) is 0 Å². The fourth-order valence-corrected chi connectivity index (χ4v) is 4.59. The van der Waals surface area contributed by atoms with Crippen molar-refractivity contribution in [3.8, 4) is 22.6 Å². The molecule has 1 aliphatic heterocycles. The molecule has 0 fully saturated rings. The molecule has 10 heteroatoms. The zero-order valence-corrected chi connectivity index (χ0v) is 20.6. The van der Waals surface area contributed by atoms with Crippen LogP contribution < -0.4 is 9.47 Å². The quantitative estimate of drug-likeness (QED) is 0.445. The van der Waals surface area contributed by atoms with Gasteiger partial charge in [-0.2, -0.15) is 13.2 Å². The monoisotopic (exact) mass is 519 g/mol. The van der Waals surface area contributed by atoms with Crippen molar-refractivity contribution in [1.29, 1.82) is 0 Å². The second-order valence-electron chi connectivity index (χ2n) is 8.61. The fraction of sp³-hybridized carbons (Fsp3) is 0.269. The standard InChI is InChI=1S/C26H24F3NO5S/c1-16(26(27,28)29)35-24-11-10-22(36(3,32)33)13-23(24)25(31)30-14-19-5-4-18(12-20(19)15-30)17-6-8-21(34-2)9-7-17/h4-13,16H,14-15H2,1-3H3/t16-/m0/s1. The number of methoxy groups -OCH3 is 1. The van der Waals surface area contributed by atoms with Crippen LogP contribution in [0.4, 0.5) is 13.2 Å². The average molecular weight is 520 g/mol. The second kappa shape index (κ2) is 9.50. The molecule has 0 spiro atoms. The third kappa shape index (κ3) is 5.33. The molecule has 3 aromatic carbocycles. The molecule has 0 aromatic heterocycles. The molecule has 0 unspecified atom stereocenters. The first-order valence-electron chi connectivity index (χ1n) is 11.0. The number of rotatable bonds is 6. The highest BCUT2D eigenvalue weighted by molar-refractivity contribution is 7.90. The number of ether oxygens (including phenoxy) is 2. The zero-order valence-electron chi connectivity index (χ0n) is 19.8. The van der Waals surface area contributed by atoms with Crippen LogP contribution in [-0.4, -0.2) is 44.9 Å². The minimum absolute atomic E-state index is 0.184. The van der Waals surface area contributed by atoms with E-state index < -0.39 is 28.0 Å². The molecule has 3 aromatic rings. The number of hydrogen-bond acceptors (Lipinski definition) is 5. The lowest BCUT2D eigenvalue weighted by molar-refractivity contribution is -0.189. The van der Waals surface area contributed by atoms with Crippen molar-refractivity contribution in [1.82, 2.24) is 4.90 Å². The molecule has 1 heterocycles. The number of sulfone groups is 1. The Kier molecular flexibility index (Phi) is 6.74. The number of amides is 1. The van der Waals surface area contributed by atoms with Gasteiger partial charge in [-0.15, -0.1) is 0 Å². The predicted molar refractivity (Wildman–Crippen MR) is 128 cm³/mol. The van der Waals surface area contributed by atoms with Crippen molar-refractivity contribution in [3.63, 3.8) is 0 Å². The summed E-state index contributed by atoms with van der Waals surface area (Å²) in [6.07, 6.45) is -5.88. The fourth-order valence-electron chi connectivity index (χ4n) is 3.94. The van der Waals surface area contributed by atoms with Crippen molar-refractivity contribution in [2.24, 2.45) is 0 Å². The normalized spacial score (nSPS) is 14.3. The van der Waals surface area contributed by atoms with Gasteiger partial charge in [0.1, 0.15) is 11.5 Å². The zero-order chi connectivity index (χ0) is 26.3. The third-order valence-electron chi connectivity index (χ3n) is 6.01. The Bertz CT molecular complexity index is 1400. The lowest BCUT2D eigenvalue weighted by Gasteiger charge is -2.22. The van der Waals surface area contributed by atoms with Gasteiger partial charge < -0.3 is 14.4 Å². The highest BCUT2D eigenvalue weighted by Crippen LogP contribution is 2.34. The average Bonchev–Trinajstić information content (AvgIpc) is 3.26. The molecular weight excluding hydrogens is 495 g/mol. The van der Waals surface area contributed by atoms with Crippen molar-refractivity contribution >= 4 is 15.7 Å². The molecule has 0 bridgehead atoms. The van der Waals surface area contributed by atoms with E-state index in [0.717, 1.165) is 59.4 Å². The Hall–Kier alpha value is -3.53. The van der Waals surface area contributed by atoms with Crippen LogP contribution in [0.2, 0.25) is 0 Å². The second-order valence-corrected chi connectivity index (χ2v) is 10.6. The summed E-state index contributed by atoms with van der Waals surface area (Å²) in [7, 11) is -2.12. The van der Waals surface area contributed by atoms with Gasteiger partial charge in [-0.25, -0.2) is 8.42 Å². The van der Waals surface area contributed by atoms with Gasteiger partial charge in [0, 0.05) is 19.3 Å². The minimum Gasteiger partial charge on any atom is -0.497 e. The van der Waals surface area contributed by atoms with Gasteiger partial charge in [0.2, 0.25) is 0 Å². The topological polar surface area (TPSA) is 72.9 Å². The molecule has 0 saturated carbocycles. The predicted octanol–water partition coefficient (Wildman–Crippen LogP) is 5.25. The molecule has 1 aliphatic rings. The first-order valence-corrected chi connectivity index (χ1v) is 12.9. The van der Waals surface area contributed by atoms with E-state index in [1.807, 2.05) is 42.5 Å². The highest BCUT2D eigenvalue weighted by atomic mass is 32.2. The minimum atomic E-state index is -4.66. The third-order valence-corrected chi connectivity index (χ3v) is 7.12. The number of alkyl halides is 3. The van der Waals surface area contributed by atoms with Gasteiger partial charge in [0.25, 0.3) is 5.91 Å². The molecule has 0 saturated heterocycles. The summed E-state index contributed by atoms with van der Waals surface area (Å²) in [4.78, 5) is 14.7. The maximum absolute atomic E-state index is 13.4. The number of nitrogens with zero attached hydrogens (tertiary/aromatic N) is 1. The van der Waals surface area contributed by atoms with Crippen LogP contribution in [-0.2, 0) is 22.9 Å². The van der Waals surface area contributed by atoms with Crippen LogP contribution in [0.1, 0.15) is 28.4 Å². The smallest absolute Gasteiger partial charge is 0.425 e. The molecule has 1 amide bonds. The summed E-state index contributed by atoms with van der Waals surface area (Å²) in [5.41, 5.74) is 3.44. The van der Waals surface area contributed by atoms with Crippen molar-refractivity contribution in [2.45, 2.75) is 37.2 Å². The lowest BCUT2D eigenvalue weighted by Crippen LogP contribution is -2.32. The van der Waals surface area contributed by atoms with E-state index in [1.54, 1.807) is 7.11 Å². The van der Waals surface area contributed by atoms with Crippen LogP contribution in [0.15, 0.2) is 65.6 Å². The van der Waals surface area contributed by atoms with Crippen molar-refractivity contribution in [3.05, 3.63) is 77.4 Å². The highest BCUT2D eigenvalue weighted by Gasteiger charge is 2.39. The number of halogens is 3. The van der Waals surface area contributed by atoms with Crippen LogP contribution in [0.25, 0.3) is 11.1 Å². The molecule has 36 heavy (non-hydrogen) atoms. The van der Waals surface area contributed by atoms with E-state index in [4.69, 9.17) is 9.47 Å². The molecule has 0 aliphatic carbocycles. The lowest BCUT2D eigenvalue weighted by atomic mass is 10.0. The van der Waals surface area contributed by atoms with Gasteiger partial charge in [0.05, 0.1) is 17.6 Å². The largest absolute Gasteiger partial charge is 0.497 e. The van der Waals surface area contributed by atoms with Crippen molar-refractivity contribution in [2.75, 3.05) is 13.4 Å². The molecule has 4 rings (SSSR count). The van der Waals surface area contributed by atoms with E-state index in [1.165, 1.54) is 4.90 Å². The van der Waals surface area contributed by atoms with E-state index in [9.17, 15) is 26.4 Å². The van der Waals surface area contributed by atoms with E-state index in [-0.39, 0.29) is 29.3 Å². The SMILES string of the molecule is COc1ccc(-c2ccc3c(c2)CN(C(=O)c2cc(S(C)(=O)=O)ccc2O[C@@H](C)C(F)(F)F)C3)cc1. The molecule has 1 atom stereocenters. The number of carbonyl (C=O) groups is 1. The Balaban J connectivity index is 1.63. The number of carbonyl (C=O) groups excluding carboxylic acids is 1. The Morgan fingerprint density at radius 2 is 1.58 bits per heavy atom. The number of fused-ring (bicyclic) bond motifs is 1. The Morgan fingerprint density at radius 3 is 2.19 bits per heavy atom. The van der Waals surface area contributed by atoms with Crippen LogP contribution in [0, 0.1) is 0 Å². The molecule has 6 nitrogen and oxygen atoms in total. The van der Waals surface area contributed by atoms with Gasteiger partial charge in [0.15, 0.2) is 15.9 Å². The molecule has 0 N–H and O–H groups in total. The summed E-state index contributed by atoms with van der Waals surface area (Å²) in [6.45, 7) is 1.27. The first kappa shape index (κ1) is 25.6. The van der Waals surface area contributed by atoms with Gasteiger partial charge in [-0.3, -0.25) is 4.79 Å². The first-order chi connectivity index (χ1) is 16.9. The summed E-state index contributed by atoms with van der Waals surface area (Å²) in [5, 5.41) is 0. The molecule has 190 valence electrons. The van der Waals surface area contributed by atoms with E-state index >= 15 is 0 Å². The van der Waals surface area contributed by atoms with Crippen LogP contribution in [0.5, 0.6) is 11.5 Å². The number of benzene rings is 3. The van der Waals surface area contributed by atoms with E-state index in [0.29, 0.717) is 0 Å². The summed E-state index contributed by atoms with van der Waals surface area (Å²) in [5.74, 6) is -0.218. The summed E-state index contributed by atoms with van der Waals surface area (Å²) >= 11 is 0. The van der Waals surface area contributed by atoms with Crippen LogP contribution in [0.3, 0.4) is 0 Å². The molecular formula is C26H24F3NO5S. The molecule has 0 radical (unpaired) electrons. The van der Waals surface area contributed by atoms with Gasteiger partial charge in [-0.1, -0.05) is 24.3 Å².